The first-order chi connectivity index (χ1) is 8.41. The minimum absolute atomic E-state index is 0.121. The molecule has 7 heteroatoms. The molecule has 0 aromatic rings. The summed E-state index contributed by atoms with van der Waals surface area (Å²) in [6.45, 7) is 5.37. The number of hydrogen-bond donors (Lipinski definition) is 2. The van der Waals surface area contributed by atoms with Gasteiger partial charge in [0.05, 0.1) is 18.5 Å². The summed E-state index contributed by atoms with van der Waals surface area (Å²) in [5, 5.41) is 3.18. The molecule has 0 aromatic carbocycles. The van der Waals surface area contributed by atoms with E-state index in [1.165, 1.54) is 7.11 Å². The third kappa shape index (κ3) is 9.78. The second kappa shape index (κ2) is 9.69. The van der Waals surface area contributed by atoms with Crippen LogP contribution in [0.2, 0.25) is 0 Å². The van der Waals surface area contributed by atoms with Gasteiger partial charge in [0.25, 0.3) is 0 Å². The first kappa shape index (κ1) is 17.8. The fourth-order valence-corrected chi connectivity index (χ4v) is 2.45. The Bertz CT molecular complexity index is 293. The number of rotatable bonds is 11. The van der Waals surface area contributed by atoms with Crippen LogP contribution < -0.4 is 10.0 Å². The van der Waals surface area contributed by atoms with Crippen LogP contribution in [0.25, 0.3) is 0 Å². The summed E-state index contributed by atoms with van der Waals surface area (Å²) in [7, 11) is -0.143. The van der Waals surface area contributed by atoms with Crippen molar-refractivity contribution in [3.05, 3.63) is 0 Å². The number of ether oxygens (including phenoxy) is 2. The van der Waals surface area contributed by atoms with Gasteiger partial charge in [-0.25, -0.2) is 13.1 Å². The average molecular weight is 282 g/mol. The Morgan fingerprint density at radius 2 is 1.89 bits per heavy atom. The Labute approximate surface area is 110 Å². The molecule has 0 fully saturated rings. The zero-order chi connectivity index (χ0) is 14.0. The molecule has 1 unspecified atom stereocenters. The highest BCUT2D eigenvalue weighted by molar-refractivity contribution is 7.89. The van der Waals surface area contributed by atoms with Crippen molar-refractivity contribution in [3.8, 4) is 0 Å². The molecule has 0 aliphatic rings. The summed E-state index contributed by atoms with van der Waals surface area (Å²) in [5.74, 6) is 0.121. The molecule has 6 nitrogen and oxygen atoms in total. The molecule has 0 bridgehead atoms. The van der Waals surface area contributed by atoms with Crippen molar-refractivity contribution >= 4 is 10.0 Å². The Hall–Kier alpha value is -0.210. The van der Waals surface area contributed by atoms with E-state index in [9.17, 15) is 8.42 Å². The van der Waals surface area contributed by atoms with Gasteiger partial charge in [0.15, 0.2) is 0 Å². The molecular weight excluding hydrogens is 256 g/mol. The second-order valence-corrected chi connectivity index (χ2v) is 6.37. The summed E-state index contributed by atoms with van der Waals surface area (Å²) in [5.41, 5.74) is 0. The summed E-state index contributed by atoms with van der Waals surface area (Å²) in [4.78, 5) is 0. The van der Waals surface area contributed by atoms with Crippen LogP contribution in [0.3, 0.4) is 0 Å². The van der Waals surface area contributed by atoms with Crippen molar-refractivity contribution in [2.75, 3.05) is 39.7 Å². The van der Waals surface area contributed by atoms with Crippen molar-refractivity contribution in [1.29, 1.82) is 0 Å². The first-order valence-corrected chi connectivity index (χ1v) is 7.79. The van der Waals surface area contributed by atoms with Crippen molar-refractivity contribution in [1.82, 2.24) is 10.0 Å². The van der Waals surface area contributed by atoms with E-state index >= 15 is 0 Å². The van der Waals surface area contributed by atoms with Gasteiger partial charge >= 0.3 is 0 Å². The van der Waals surface area contributed by atoms with Crippen molar-refractivity contribution in [2.45, 2.75) is 32.4 Å². The highest BCUT2D eigenvalue weighted by atomic mass is 32.2. The molecule has 0 aliphatic heterocycles. The molecule has 2 N–H and O–H groups in total. The largest absolute Gasteiger partial charge is 0.382 e. The molecule has 0 aliphatic carbocycles. The standard InChI is InChI=1S/C11H26N2O4S/c1-10(2)12-6-5-7-18(14,15)13-8-11(17-4)9-16-3/h10-13H,5-9H2,1-4H3. The van der Waals surface area contributed by atoms with Gasteiger partial charge in [-0.1, -0.05) is 13.8 Å². The van der Waals surface area contributed by atoms with Crippen LogP contribution in [0, 0.1) is 0 Å². The highest BCUT2D eigenvalue weighted by Crippen LogP contribution is 1.94. The summed E-state index contributed by atoms with van der Waals surface area (Å²) >= 11 is 0. The zero-order valence-electron chi connectivity index (χ0n) is 11.7. The normalized spacial score (nSPS) is 14.1. The van der Waals surface area contributed by atoms with Gasteiger partial charge in [-0.3, -0.25) is 0 Å². The van der Waals surface area contributed by atoms with Crippen LogP contribution in [0.4, 0.5) is 0 Å². The first-order valence-electron chi connectivity index (χ1n) is 6.13. The summed E-state index contributed by atoms with van der Waals surface area (Å²) in [6, 6.07) is 0.375. The summed E-state index contributed by atoms with van der Waals surface area (Å²) < 4.78 is 35.8. The van der Waals surface area contributed by atoms with E-state index < -0.39 is 10.0 Å². The van der Waals surface area contributed by atoms with Crippen LogP contribution in [0.5, 0.6) is 0 Å². The van der Waals surface area contributed by atoms with Gasteiger partial charge in [0, 0.05) is 26.8 Å². The molecule has 0 aromatic heterocycles. The fraction of sp³-hybridized carbons (Fsp3) is 1.00. The minimum atomic E-state index is -3.23. The quantitative estimate of drug-likeness (QED) is 0.520. The number of methoxy groups -OCH3 is 2. The highest BCUT2D eigenvalue weighted by Gasteiger charge is 2.13. The molecule has 0 spiro atoms. The maximum absolute atomic E-state index is 11.7. The van der Waals surface area contributed by atoms with Gasteiger partial charge in [0.1, 0.15) is 0 Å². The lowest BCUT2D eigenvalue weighted by Crippen LogP contribution is -2.37. The van der Waals surface area contributed by atoms with Gasteiger partial charge in [-0.2, -0.15) is 0 Å². The van der Waals surface area contributed by atoms with E-state index in [-0.39, 0.29) is 18.4 Å². The Morgan fingerprint density at radius 3 is 2.39 bits per heavy atom. The fourth-order valence-electron chi connectivity index (χ4n) is 1.34. The van der Waals surface area contributed by atoms with E-state index in [1.54, 1.807) is 7.11 Å². The monoisotopic (exact) mass is 282 g/mol. The van der Waals surface area contributed by atoms with Gasteiger partial charge in [-0.05, 0) is 13.0 Å². The number of sulfonamides is 1. The lowest BCUT2D eigenvalue weighted by Gasteiger charge is -2.15. The maximum atomic E-state index is 11.7. The molecule has 0 heterocycles. The van der Waals surface area contributed by atoms with Gasteiger partial charge in [-0.15, -0.1) is 0 Å². The van der Waals surface area contributed by atoms with Crippen LogP contribution in [0.1, 0.15) is 20.3 Å². The van der Waals surface area contributed by atoms with E-state index in [4.69, 9.17) is 9.47 Å². The predicted octanol–water partition coefficient (Wildman–Crippen LogP) is -0.0447. The third-order valence-corrected chi connectivity index (χ3v) is 3.79. The Balaban J connectivity index is 3.85. The van der Waals surface area contributed by atoms with Crippen LogP contribution in [0.15, 0.2) is 0 Å². The topological polar surface area (TPSA) is 76.7 Å². The van der Waals surface area contributed by atoms with Crippen molar-refractivity contribution < 1.29 is 17.9 Å². The van der Waals surface area contributed by atoms with Crippen LogP contribution >= 0.6 is 0 Å². The molecule has 110 valence electrons. The molecule has 0 radical (unpaired) electrons. The molecule has 0 rings (SSSR count). The van der Waals surface area contributed by atoms with Crippen molar-refractivity contribution in [2.24, 2.45) is 0 Å². The smallest absolute Gasteiger partial charge is 0.211 e. The molecular formula is C11H26N2O4S. The number of hydrogen-bond acceptors (Lipinski definition) is 5. The van der Waals surface area contributed by atoms with Gasteiger partial charge < -0.3 is 14.8 Å². The molecule has 0 amide bonds. The SMILES string of the molecule is COCC(CNS(=O)(=O)CCCNC(C)C)OC. The predicted molar refractivity (Wildman–Crippen MR) is 72.2 cm³/mol. The van der Waals surface area contributed by atoms with Crippen LogP contribution in [-0.2, 0) is 19.5 Å². The van der Waals surface area contributed by atoms with Crippen LogP contribution in [-0.4, -0.2) is 60.2 Å². The van der Waals surface area contributed by atoms with Gasteiger partial charge in [0.2, 0.25) is 10.0 Å². The van der Waals surface area contributed by atoms with E-state index in [0.29, 0.717) is 25.6 Å². The Kier molecular flexibility index (Phi) is 9.57. The number of nitrogens with one attached hydrogen (secondary N) is 2. The van der Waals surface area contributed by atoms with E-state index in [1.807, 2.05) is 13.8 Å². The zero-order valence-corrected chi connectivity index (χ0v) is 12.5. The average Bonchev–Trinajstić information content (AvgIpc) is 2.30. The second-order valence-electron chi connectivity index (χ2n) is 4.44. The molecule has 0 saturated heterocycles. The summed E-state index contributed by atoms with van der Waals surface area (Å²) in [6.07, 6.45) is 0.341. The molecule has 0 saturated carbocycles. The third-order valence-electron chi connectivity index (χ3n) is 2.36. The van der Waals surface area contributed by atoms with E-state index in [0.717, 1.165) is 0 Å². The maximum Gasteiger partial charge on any atom is 0.211 e. The molecule has 1 atom stereocenters. The van der Waals surface area contributed by atoms with E-state index in [2.05, 4.69) is 10.0 Å². The Morgan fingerprint density at radius 1 is 1.22 bits per heavy atom. The minimum Gasteiger partial charge on any atom is -0.382 e. The molecule has 18 heavy (non-hydrogen) atoms. The lowest BCUT2D eigenvalue weighted by molar-refractivity contribution is 0.0320. The lowest BCUT2D eigenvalue weighted by atomic mass is 10.4. The van der Waals surface area contributed by atoms with Crippen molar-refractivity contribution in [3.63, 3.8) is 0 Å².